The van der Waals surface area contributed by atoms with Crippen molar-refractivity contribution in [1.82, 2.24) is 9.78 Å². The van der Waals surface area contributed by atoms with E-state index in [1.807, 2.05) is 0 Å². The van der Waals surface area contributed by atoms with E-state index in [0.717, 1.165) is 4.68 Å². The van der Waals surface area contributed by atoms with Crippen LogP contribution in [0.15, 0.2) is 18.3 Å². The van der Waals surface area contributed by atoms with Gasteiger partial charge < -0.3 is 24.6 Å². The Morgan fingerprint density at radius 2 is 1.79 bits per heavy atom. The predicted octanol–water partition coefficient (Wildman–Crippen LogP) is 1.40. The van der Waals surface area contributed by atoms with E-state index in [9.17, 15) is 14.7 Å². The Morgan fingerprint density at radius 3 is 2.33 bits per heavy atom. The normalized spacial score (nSPS) is 10.2. The molecule has 1 amide bonds. The lowest BCUT2D eigenvalue weighted by molar-refractivity contribution is 0.0686. The Labute approximate surface area is 137 Å². The fourth-order valence-corrected chi connectivity index (χ4v) is 2.25. The molecule has 0 aliphatic rings. The number of hydrogen-bond donors (Lipinski definition) is 2. The first kappa shape index (κ1) is 17.1. The molecule has 2 N–H and O–H groups in total. The number of nitrogens with zero attached hydrogens (tertiary/aromatic N) is 2. The van der Waals surface area contributed by atoms with Crippen LogP contribution < -0.4 is 19.5 Å². The Kier molecular flexibility index (Phi) is 4.93. The maximum absolute atomic E-state index is 12.5. The monoisotopic (exact) mass is 335 g/mol. The summed E-state index contributed by atoms with van der Waals surface area (Å²) in [4.78, 5) is 23.8. The largest absolute Gasteiger partial charge is 0.493 e. The first-order valence-corrected chi connectivity index (χ1v) is 6.80. The molecule has 1 aromatic heterocycles. The molecule has 9 heteroatoms. The van der Waals surface area contributed by atoms with Crippen LogP contribution >= 0.6 is 0 Å². The number of carboxylic acid groups (broad SMARTS) is 1. The number of amides is 1. The third-order valence-electron chi connectivity index (χ3n) is 3.34. The summed E-state index contributed by atoms with van der Waals surface area (Å²) in [5.74, 6) is -0.932. The van der Waals surface area contributed by atoms with E-state index in [-0.39, 0.29) is 28.4 Å². The quantitative estimate of drug-likeness (QED) is 0.820. The molecule has 0 saturated carbocycles. The Morgan fingerprint density at radius 1 is 1.12 bits per heavy atom. The molecule has 2 aromatic rings. The van der Waals surface area contributed by atoms with Crippen molar-refractivity contribution in [1.29, 1.82) is 0 Å². The number of aromatic carboxylic acids is 1. The molecule has 0 fully saturated rings. The van der Waals surface area contributed by atoms with Crippen molar-refractivity contribution in [2.24, 2.45) is 7.05 Å². The SMILES string of the molecule is COc1ccc(C(=O)Nc2cnn(C)c2C(=O)O)c(OC)c1OC. The van der Waals surface area contributed by atoms with Crippen LogP contribution in [0.1, 0.15) is 20.8 Å². The van der Waals surface area contributed by atoms with Gasteiger partial charge in [0.25, 0.3) is 5.91 Å². The summed E-state index contributed by atoms with van der Waals surface area (Å²) < 4.78 is 16.8. The molecule has 0 aliphatic carbocycles. The van der Waals surface area contributed by atoms with E-state index >= 15 is 0 Å². The molecule has 1 aromatic carbocycles. The minimum Gasteiger partial charge on any atom is -0.493 e. The van der Waals surface area contributed by atoms with Crippen LogP contribution in [-0.4, -0.2) is 48.1 Å². The number of rotatable bonds is 6. The third kappa shape index (κ3) is 2.96. The Bertz CT molecular complexity index is 784. The summed E-state index contributed by atoms with van der Waals surface area (Å²) in [6.45, 7) is 0. The van der Waals surface area contributed by atoms with E-state index < -0.39 is 11.9 Å². The second-order valence-corrected chi connectivity index (χ2v) is 4.67. The summed E-state index contributed by atoms with van der Waals surface area (Å²) in [6, 6.07) is 3.05. The summed E-state index contributed by atoms with van der Waals surface area (Å²) in [6.07, 6.45) is 1.26. The van der Waals surface area contributed by atoms with E-state index in [1.165, 1.54) is 40.6 Å². The van der Waals surface area contributed by atoms with Crippen LogP contribution in [0, 0.1) is 0 Å². The Balaban J connectivity index is 2.42. The third-order valence-corrected chi connectivity index (χ3v) is 3.34. The molecule has 0 spiro atoms. The van der Waals surface area contributed by atoms with Crippen LogP contribution in [-0.2, 0) is 7.05 Å². The lowest BCUT2D eigenvalue weighted by Crippen LogP contribution is -2.16. The molecule has 9 nitrogen and oxygen atoms in total. The van der Waals surface area contributed by atoms with Gasteiger partial charge in [-0.1, -0.05) is 0 Å². The molecule has 0 radical (unpaired) electrons. The molecule has 0 bridgehead atoms. The molecule has 0 unspecified atom stereocenters. The zero-order chi connectivity index (χ0) is 17.9. The molecule has 0 saturated heterocycles. The average molecular weight is 335 g/mol. The van der Waals surface area contributed by atoms with Gasteiger partial charge in [0.2, 0.25) is 5.75 Å². The standard InChI is InChI=1S/C15H17N3O6/c1-18-11(15(20)21)9(7-16-18)17-14(19)8-5-6-10(22-2)13(24-4)12(8)23-3/h5-7H,1-4H3,(H,17,19)(H,20,21). The average Bonchev–Trinajstić information content (AvgIpc) is 2.93. The minimum atomic E-state index is -1.20. The zero-order valence-corrected chi connectivity index (χ0v) is 13.6. The highest BCUT2D eigenvalue weighted by Crippen LogP contribution is 2.40. The number of benzene rings is 1. The molecule has 2 rings (SSSR count). The number of aryl methyl sites for hydroxylation is 1. The van der Waals surface area contributed by atoms with Gasteiger partial charge >= 0.3 is 5.97 Å². The van der Waals surface area contributed by atoms with Crippen LogP contribution in [0.2, 0.25) is 0 Å². The highest BCUT2D eigenvalue weighted by molar-refractivity contribution is 6.09. The van der Waals surface area contributed by atoms with Crippen molar-refractivity contribution in [2.45, 2.75) is 0 Å². The van der Waals surface area contributed by atoms with E-state index in [2.05, 4.69) is 10.4 Å². The van der Waals surface area contributed by atoms with Gasteiger partial charge in [-0.25, -0.2) is 4.79 Å². The van der Waals surface area contributed by atoms with Gasteiger partial charge in [-0.3, -0.25) is 9.48 Å². The lowest BCUT2D eigenvalue weighted by atomic mass is 10.1. The van der Waals surface area contributed by atoms with E-state index in [1.54, 1.807) is 6.07 Å². The van der Waals surface area contributed by atoms with Crippen LogP contribution in [0.4, 0.5) is 5.69 Å². The van der Waals surface area contributed by atoms with E-state index in [4.69, 9.17) is 14.2 Å². The number of aromatic nitrogens is 2. The summed E-state index contributed by atoms with van der Waals surface area (Å²) in [7, 11) is 5.74. The van der Waals surface area contributed by atoms with E-state index in [0.29, 0.717) is 5.75 Å². The van der Waals surface area contributed by atoms with Crippen LogP contribution in [0.3, 0.4) is 0 Å². The first-order valence-electron chi connectivity index (χ1n) is 6.80. The molecule has 0 atom stereocenters. The van der Waals surface area contributed by atoms with Crippen molar-refractivity contribution >= 4 is 17.6 Å². The van der Waals surface area contributed by atoms with Gasteiger partial charge in [0.05, 0.1) is 38.8 Å². The van der Waals surface area contributed by atoms with Gasteiger partial charge in [0.1, 0.15) is 0 Å². The number of ether oxygens (including phenoxy) is 3. The van der Waals surface area contributed by atoms with Crippen LogP contribution in [0.25, 0.3) is 0 Å². The number of nitrogens with one attached hydrogen (secondary N) is 1. The van der Waals surface area contributed by atoms with Crippen LogP contribution in [0.5, 0.6) is 17.2 Å². The number of carboxylic acids is 1. The van der Waals surface area contributed by atoms with Gasteiger partial charge in [0, 0.05) is 7.05 Å². The Hall–Kier alpha value is -3.23. The zero-order valence-electron chi connectivity index (χ0n) is 13.6. The fourth-order valence-electron chi connectivity index (χ4n) is 2.25. The molecular weight excluding hydrogens is 318 g/mol. The van der Waals surface area contributed by atoms with Gasteiger partial charge in [-0.05, 0) is 12.1 Å². The summed E-state index contributed by atoms with van der Waals surface area (Å²) in [5.41, 5.74) is 0.102. The second-order valence-electron chi connectivity index (χ2n) is 4.67. The number of carbonyl (C=O) groups is 2. The van der Waals surface area contributed by atoms with Gasteiger partial charge in [-0.2, -0.15) is 5.10 Å². The fraction of sp³-hybridized carbons (Fsp3) is 0.267. The highest BCUT2D eigenvalue weighted by atomic mass is 16.5. The van der Waals surface area contributed by atoms with Gasteiger partial charge in [0.15, 0.2) is 17.2 Å². The van der Waals surface area contributed by atoms with Crippen molar-refractivity contribution in [2.75, 3.05) is 26.6 Å². The smallest absolute Gasteiger partial charge is 0.356 e. The summed E-state index contributed by atoms with van der Waals surface area (Å²) >= 11 is 0. The second kappa shape index (κ2) is 6.90. The van der Waals surface area contributed by atoms with Crippen molar-refractivity contribution in [3.05, 3.63) is 29.6 Å². The maximum atomic E-state index is 12.5. The highest BCUT2D eigenvalue weighted by Gasteiger charge is 2.23. The van der Waals surface area contributed by atoms with Crippen molar-refractivity contribution in [3.8, 4) is 17.2 Å². The molecule has 1 heterocycles. The lowest BCUT2D eigenvalue weighted by Gasteiger charge is -2.15. The minimum absolute atomic E-state index is 0.0758. The number of carbonyl (C=O) groups excluding carboxylic acids is 1. The molecule has 24 heavy (non-hydrogen) atoms. The molecular formula is C15H17N3O6. The molecule has 0 aliphatic heterocycles. The first-order chi connectivity index (χ1) is 11.4. The van der Waals surface area contributed by atoms with Crippen molar-refractivity contribution < 1.29 is 28.9 Å². The summed E-state index contributed by atoms with van der Waals surface area (Å²) in [5, 5.41) is 15.5. The molecule has 128 valence electrons. The number of hydrogen-bond acceptors (Lipinski definition) is 6. The predicted molar refractivity (Wildman–Crippen MR) is 84.2 cm³/mol. The van der Waals surface area contributed by atoms with Crippen molar-refractivity contribution in [3.63, 3.8) is 0 Å². The topological polar surface area (TPSA) is 112 Å². The number of anilines is 1. The van der Waals surface area contributed by atoms with Gasteiger partial charge in [-0.15, -0.1) is 0 Å². The number of methoxy groups -OCH3 is 3. The maximum Gasteiger partial charge on any atom is 0.356 e.